The van der Waals surface area contributed by atoms with Crippen LogP contribution in [0.4, 0.5) is 5.69 Å². The molecular weight excluding hydrogens is 539 g/mol. The standard InChI is InChI=1S/C26H28Cl2N2O6S/c1-17-5-9-23(35-3)25(13-17)37(32,33)30(19-7-8-20(27)21(28)15-19)16-26(31)29-12-11-18-6-10-22(34-2)24(14-18)36-4/h5-10,13-15H,11-12,16H2,1-4H3,(H,29,31). The molecule has 0 atom stereocenters. The molecule has 0 heterocycles. The molecule has 3 aromatic carbocycles. The van der Waals surface area contributed by atoms with Gasteiger partial charge in [-0.25, -0.2) is 8.42 Å². The minimum atomic E-state index is -4.22. The summed E-state index contributed by atoms with van der Waals surface area (Å²) >= 11 is 12.2. The highest BCUT2D eigenvalue weighted by atomic mass is 35.5. The lowest BCUT2D eigenvalue weighted by Crippen LogP contribution is -2.41. The maximum absolute atomic E-state index is 13.8. The third kappa shape index (κ3) is 6.80. The molecule has 0 saturated carbocycles. The fourth-order valence-corrected chi connectivity index (χ4v) is 5.58. The Morgan fingerprint density at radius 3 is 2.19 bits per heavy atom. The van der Waals surface area contributed by atoms with Gasteiger partial charge in [0.1, 0.15) is 17.2 Å². The fourth-order valence-electron chi connectivity index (χ4n) is 3.63. The van der Waals surface area contributed by atoms with Gasteiger partial charge in [0.25, 0.3) is 10.0 Å². The van der Waals surface area contributed by atoms with E-state index >= 15 is 0 Å². The van der Waals surface area contributed by atoms with Gasteiger partial charge in [-0.3, -0.25) is 9.10 Å². The van der Waals surface area contributed by atoms with E-state index in [1.54, 1.807) is 39.3 Å². The summed E-state index contributed by atoms with van der Waals surface area (Å²) in [5.74, 6) is 0.839. The van der Waals surface area contributed by atoms with Crippen molar-refractivity contribution in [2.75, 3.05) is 38.7 Å². The molecule has 0 fully saturated rings. The highest BCUT2D eigenvalue weighted by molar-refractivity contribution is 7.93. The Balaban J connectivity index is 1.85. The Morgan fingerprint density at radius 2 is 1.54 bits per heavy atom. The van der Waals surface area contributed by atoms with E-state index in [0.29, 0.717) is 23.5 Å². The average molecular weight is 567 g/mol. The molecule has 198 valence electrons. The molecule has 3 rings (SSSR count). The van der Waals surface area contributed by atoms with Gasteiger partial charge >= 0.3 is 0 Å². The van der Waals surface area contributed by atoms with Crippen LogP contribution in [0.2, 0.25) is 10.0 Å². The van der Waals surface area contributed by atoms with Crippen LogP contribution in [0.15, 0.2) is 59.5 Å². The number of nitrogens with one attached hydrogen (secondary N) is 1. The van der Waals surface area contributed by atoms with Gasteiger partial charge in [0, 0.05) is 6.54 Å². The summed E-state index contributed by atoms with van der Waals surface area (Å²) in [4.78, 5) is 12.9. The van der Waals surface area contributed by atoms with Crippen LogP contribution >= 0.6 is 23.2 Å². The summed E-state index contributed by atoms with van der Waals surface area (Å²) in [5, 5.41) is 3.20. The lowest BCUT2D eigenvalue weighted by Gasteiger charge is -2.25. The number of carbonyl (C=O) groups excluding carboxylic acids is 1. The number of hydrogen-bond donors (Lipinski definition) is 1. The van der Waals surface area contributed by atoms with Crippen LogP contribution in [-0.4, -0.2) is 48.7 Å². The number of halogens is 2. The number of methoxy groups -OCH3 is 3. The Morgan fingerprint density at radius 1 is 0.865 bits per heavy atom. The van der Waals surface area contributed by atoms with Crippen molar-refractivity contribution in [3.05, 3.63) is 75.8 Å². The first-order chi connectivity index (χ1) is 17.6. The van der Waals surface area contributed by atoms with Crippen molar-refractivity contribution in [1.29, 1.82) is 0 Å². The number of rotatable bonds is 11. The molecule has 37 heavy (non-hydrogen) atoms. The molecule has 1 N–H and O–H groups in total. The highest BCUT2D eigenvalue weighted by Gasteiger charge is 2.30. The predicted molar refractivity (Wildman–Crippen MR) is 145 cm³/mol. The third-order valence-corrected chi connectivity index (χ3v) is 8.08. The van der Waals surface area contributed by atoms with Gasteiger partial charge < -0.3 is 19.5 Å². The summed E-state index contributed by atoms with van der Waals surface area (Å²) in [6.45, 7) is 1.56. The van der Waals surface area contributed by atoms with Crippen molar-refractivity contribution in [3.63, 3.8) is 0 Å². The zero-order valence-electron chi connectivity index (χ0n) is 20.9. The van der Waals surface area contributed by atoms with E-state index in [9.17, 15) is 13.2 Å². The van der Waals surface area contributed by atoms with Gasteiger partial charge in [-0.1, -0.05) is 35.3 Å². The Labute approximate surface area is 227 Å². The average Bonchev–Trinajstić information content (AvgIpc) is 2.88. The highest BCUT2D eigenvalue weighted by Crippen LogP contribution is 2.34. The largest absolute Gasteiger partial charge is 0.495 e. The summed E-state index contributed by atoms with van der Waals surface area (Å²) in [7, 11) is 0.260. The number of anilines is 1. The van der Waals surface area contributed by atoms with Crippen LogP contribution < -0.4 is 23.8 Å². The smallest absolute Gasteiger partial charge is 0.268 e. The molecule has 3 aromatic rings. The van der Waals surface area contributed by atoms with Crippen molar-refractivity contribution < 1.29 is 27.4 Å². The molecule has 0 spiro atoms. The molecule has 0 radical (unpaired) electrons. The Hall–Kier alpha value is -3.14. The molecule has 0 saturated heterocycles. The first kappa shape index (κ1) is 28.4. The van der Waals surface area contributed by atoms with E-state index in [-0.39, 0.29) is 32.9 Å². The van der Waals surface area contributed by atoms with Crippen LogP contribution in [0.5, 0.6) is 17.2 Å². The zero-order chi connectivity index (χ0) is 27.2. The van der Waals surface area contributed by atoms with Crippen molar-refractivity contribution in [2.24, 2.45) is 0 Å². The first-order valence-electron chi connectivity index (χ1n) is 11.2. The number of carbonyl (C=O) groups is 1. The monoisotopic (exact) mass is 566 g/mol. The van der Waals surface area contributed by atoms with Crippen molar-refractivity contribution >= 4 is 44.8 Å². The number of ether oxygens (including phenoxy) is 3. The summed E-state index contributed by atoms with van der Waals surface area (Å²) in [6.07, 6.45) is 0.497. The predicted octanol–water partition coefficient (Wildman–Crippen LogP) is 4.88. The van der Waals surface area contributed by atoms with Crippen molar-refractivity contribution in [3.8, 4) is 17.2 Å². The van der Waals surface area contributed by atoms with Gasteiger partial charge in [-0.15, -0.1) is 0 Å². The maximum atomic E-state index is 13.8. The molecule has 0 aliphatic heterocycles. The van der Waals surface area contributed by atoms with E-state index < -0.39 is 22.5 Å². The summed E-state index contributed by atoms with van der Waals surface area (Å²) < 4.78 is 44.4. The number of aryl methyl sites for hydroxylation is 1. The van der Waals surface area contributed by atoms with Gasteiger partial charge in [-0.05, 0) is 66.9 Å². The number of hydrogen-bond acceptors (Lipinski definition) is 6. The fraction of sp³-hybridized carbons (Fsp3) is 0.269. The quantitative estimate of drug-likeness (QED) is 0.355. The zero-order valence-corrected chi connectivity index (χ0v) is 23.2. The van der Waals surface area contributed by atoms with Crippen LogP contribution in [-0.2, 0) is 21.2 Å². The number of nitrogens with zero attached hydrogens (tertiary/aromatic N) is 1. The normalized spacial score (nSPS) is 11.1. The number of benzene rings is 3. The third-order valence-electron chi connectivity index (χ3n) is 5.55. The summed E-state index contributed by atoms with van der Waals surface area (Å²) in [6, 6.07) is 14.6. The second-order valence-corrected chi connectivity index (χ2v) is 10.7. The van der Waals surface area contributed by atoms with E-state index in [1.807, 2.05) is 12.1 Å². The lowest BCUT2D eigenvalue weighted by molar-refractivity contribution is -0.119. The number of sulfonamides is 1. The van der Waals surface area contributed by atoms with Crippen LogP contribution in [0, 0.1) is 6.92 Å². The van der Waals surface area contributed by atoms with Crippen molar-refractivity contribution in [2.45, 2.75) is 18.2 Å². The lowest BCUT2D eigenvalue weighted by atomic mass is 10.1. The van der Waals surface area contributed by atoms with E-state index in [4.69, 9.17) is 37.4 Å². The van der Waals surface area contributed by atoms with Gasteiger partial charge in [-0.2, -0.15) is 0 Å². The molecule has 0 aliphatic rings. The number of amides is 1. The van der Waals surface area contributed by atoms with Gasteiger partial charge in [0.2, 0.25) is 5.91 Å². The Kier molecular flexibility index (Phi) is 9.53. The van der Waals surface area contributed by atoms with Crippen molar-refractivity contribution in [1.82, 2.24) is 5.32 Å². The minimum Gasteiger partial charge on any atom is -0.495 e. The molecular formula is C26H28Cl2N2O6S. The van der Waals surface area contributed by atoms with E-state index in [0.717, 1.165) is 9.87 Å². The molecule has 0 aromatic heterocycles. The molecule has 8 nitrogen and oxygen atoms in total. The van der Waals surface area contributed by atoms with Gasteiger partial charge in [0.05, 0.1) is 37.1 Å². The molecule has 1 amide bonds. The van der Waals surface area contributed by atoms with Crippen LogP contribution in [0.1, 0.15) is 11.1 Å². The minimum absolute atomic E-state index is 0.0702. The molecule has 11 heteroatoms. The molecule has 0 unspecified atom stereocenters. The SMILES string of the molecule is COc1ccc(CCNC(=O)CN(c2ccc(Cl)c(Cl)c2)S(=O)(=O)c2cc(C)ccc2OC)cc1OC. The van der Waals surface area contributed by atoms with Crippen LogP contribution in [0.3, 0.4) is 0 Å². The second-order valence-electron chi connectivity index (χ2n) is 8.05. The van der Waals surface area contributed by atoms with E-state index in [2.05, 4.69) is 5.32 Å². The first-order valence-corrected chi connectivity index (χ1v) is 13.4. The van der Waals surface area contributed by atoms with E-state index in [1.165, 1.54) is 31.4 Å². The van der Waals surface area contributed by atoms with Crippen LogP contribution in [0.25, 0.3) is 0 Å². The molecule has 0 bridgehead atoms. The maximum Gasteiger partial charge on any atom is 0.268 e. The summed E-state index contributed by atoms with van der Waals surface area (Å²) in [5.41, 5.74) is 1.82. The van der Waals surface area contributed by atoms with Gasteiger partial charge in [0.15, 0.2) is 11.5 Å². The Bertz CT molecular complexity index is 1380. The molecule has 0 aliphatic carbocycles. The second kappa shape index (κ2) is 12.4. The topological polar surface area (TPSA) is 94.2 Å².